The van der Waals surface area contributed by atoms with Crippen LogP contribution in [0.1, 0.15) is 56.2 Å². The number of phenolic OH excluding ortho intramolecular Hbond substituents is 1. The number of hydrazine groups is 1. The number of allylic oxidation sites excluding steroid dienone is 2. The van der Waals surface area contributed by atoms with Crippen molar-refractivity contribution in [2.45, 2.75) is 57.4 Å². The predicted octanol–water partition coefficient (Wildman–Crippen LogP) is 6.25. The Morgan fingerprint density at radius 2 is 1.59 bits per heavy atom. The Morgan fingerprint density at radius 1 is 0.891 bits per heavy atom. The van der Waals surface area contributed by atoms with Crippen LogP contribution < -0.4 is 5.43 Å². The Kier molecular flexibility index (Phi) is 7.05. The Morgan fingerprint density at radius 3 is 2.26 bits per heavy atom. The number of aryl methyl sites for hydroxylation is 1. The number of carbonyl (C=O) groups is 4. The van der Waals surface area contributed by atoms with E-state index in [0.29, 0.717) is 27.7 Å². The van der Waals surface area contributed by atoms with Crippen molar-refractivity contribution in [1.29, 1.82) is 0 Å². The number of anilines is 1. The molecule has 0 aromatic heterocycles. The van der Waals surface area contributed by atoms with Crippen LogP contribution in [0.5, 0.6) is 5.75 Å². The van der Waals surface area contributed by atoms with Gasteiger partial charge < -0.3 is 5.11 Å². The molecular weight excluding hydrogens is 646 g/mol. The average molecular weight is 683 g/mol. The smallest absolute Gasteiger partial charge is 0.260 e. The third-order valence-electron chi connectivity index (χ3n) is 10.4. The van der Waals surface area contributed by atoms with Crippen LogP contribution in [0.4, 0.5) is 5.69 Å². The number of benzene rings is 3. The standard InChI is InChI=1S/C37H36BrN3O5/c1-20-10-13-23(14-11-20)39-41-33(44)28-19-26-24(15-16-25-30(26)34(45)40(32(25)43)36(2,3)4)31(27-18-22(38)12-17-29(27)42)37(28,35(41)46)21-8-6-5-7-9-21/h5-15,17-18,25-26,28,30-31,39,42H,16,19H2,1-4H3/t25-,26+,28-,30-,31+,37+/m0/s1. The molecule has 2 aliphatic carbocycles. The highest BCUT2D eigenvalue weighted by atomic mass is 79.9. The fourth-order valence-electron chi connectivity index (χ4n) is 8.51. The zero-order chi connectivity index (χ0) is 32.7. The van der Waals surface area contributed by atoms with Gasteiger partial charge in [-0.25, -0.2) is 0 Å². The Bertz CT molecular complexity index is 1810. The molecule has 2 aliphatic heterocycles. The molecule has 0 spiro atoms. The lowest BCUT2D eigenvalue weighted by molar-refractivity contribution is -0.146. The summed E-state index contributed by atoms with van der Waals surface area (Å²) in [7, 11) is 0. The van der Waals surface area contributed by atoms with Crippen LogP contribution in [-0.4, -0.2) is 44.2 Å². The number of nitrogens with zero attached hydrogens (tertiary/aromatic N) is 2. The molecule has 9 heteroatoms. The van der Waals surface area contributed by atoms with E-state index in [1.54, 1.807) is 18.2 Å². The fourth-order valence-corrected chi connectivity index (χ4v) is 8.89. The molecule has 0 bridgehead atoms. The molecule has 3 fully saturated rings. The zero-order valence-corrected chi connectivity index (χ0v) is 27.7. The summed E-state index contributed by atoms with van der Waals surface area (Å²) < 4.78 is 0.703. The SMILES string of the molecule is Cc1ccc(NN2C(=O)[C@@H]3C[C@@H]4C(=CC[C@@H]5C(=O)N(C(C)(C)C)C(=O)[C@@H]54)[C@H](c4cc(Br)ccc4O)[C@]3(c3ccccc3)C2=O)cc1. The van der Waals surface area contributed by atoms with Gasteiger partial charge in [0.1, 0.15) is 5.75 Å². The Balaban J connectivity index is 1.46. The largest absolute Gasteiger partial charge is 0.508 e. The maximum atomic E-state index is 15.1. The van der Waals surface area contributed by atoms with E-state index in [-0.39, 0.29) is 24.0 Å². The number of phenols is 1. The molecule has 236 valence electrons. The first-order valence-corrected chi connectivity index (χ1v) is 16.5. The number of halogens is 1. The Hall–Kier alpha value is -4.24. The number of hydrogen-bond acceptors (Lipinski definition) is 6. The van der Waals surface area contributed by atoms with E-state index in [1.807, 2.05) is 88.4 Å². The molecule has 6 atom stereocenters. The molecule has 3 aromatic rings. The van der Waals surface area contributed by atoms with Crippen molar-refractivity contribution in [3.05, 3.63) is 106 Å². The average Bonchev–Trinajstić information content (AvgIpc) is 3.41. The topological polar surface area (TPSA) is 107 Å². The number of nitrogens with one attached hydrogen (secondary N) is 1. The zero-order valence-electron chi connectivity index (χ0n) is 26.2. The van der Waals surface area contributed by atoms with Crippen LogP contribution in [0, 0.1) is 30.6 Å². The summed E-state index contributed by atoms with van der Waals surface area (Å²) in [4.78, 5) is 59.1. The number of hydrogen-bond donors (Lipinski definition) is 2. The van der Waals surface area contributed by atoms with Gasteiger partial charge in [0.05, 0.1) is 28.9 Å². The summed E-state index contributed by atoms with van der Waals surface area (Å²) in [6.07, 6.45) is 2.55. The second kappa shape index (κ2) is 10.7. The second-order valence-corrected chi connectivity index (χ2v) is 14.9. The van der Waals surface area contributed by atoms with Crippen molar-refractivity contribution in [1.82, 2.24) is 9.91 Å². The van der Waals surface area contributed by atoms with Gasteiger partial charge in [0, 0.05) is 21.5 Å². The minimum absolute atomic E-state index is 0.0127. The van der Waals surface area contributed by atoms with Gasteiger partial charge in [-0.15, -0.1) is 0 Å². The van der Waals surface area contributed by atoms with E-state index in [9.17, 15) is 19.5 Å². The molecular formula is C37H36BrN3O5. The van der Waals surface area contributed by atoms with Gasteiger partial charge in [0.15, 0.2) is 0 Å². The van der Waals surface area contributed by atoms with Crippen molar-refractivity contribution >= 4 is 45.2 Å². The number of likely N-dealkylation sites (tertiary alicyclic amines) is 1. The van der Waals surface area contributed by atoms with Crippen molar-refractivity contribution in [3.8, 4) is 5.75 Å². The third-order valence-corrected chi connectivity index (χ3v) is 10.9. The van der Waals surface area contributed by atoms with Crippen molar-refractivity contribution in [3.63, 3.8) is 0 Å². The van der Waals surface area contributed by atoms with E-state index in [0.717, 1.165) is 16.1 Å². The molecule has 0 unspecified atom stereocenters. The lowest BCUT2D eigenvalue weighted by Crippen LogP contribution is -2.53. The number of fused-ring (bicyclic) bond motifs is 4. The minimum atomic E-state index is -1.43. The van der Waals surface area contributed by atoms with Gasteiger partial charge in [-0.2, -0.15) is 5.01 Å². The molecule has 3 aromatic carbocycles. The van der Waals surface area contributed by atoms with Crippen molar-refractivity contribution < 1.29 is 24.3 Å². The fraction of sp³-hybridized carbons (Fsp3) is 0.351. The number of amides is 4. The van der Waals surface area contributed by atoms with Gasteiger partial charge in [-0.05, 0) is 82.3 Å². The normalized spacial score (nSPS) is 29.0. The molecule has 2 heterocycles. The first-order valence-electron chi connectivity index (χ1n) is 15.7. The van der Waals surface area contributed by atoms with Crippen LogP contribution in [0.2, 0.25) is 0 Å². The van der Waals surface area contributed by atoms with E-state index in [1.165, 1.54) is 4.90 Å². The molecule has 2 saturated heterocycles. The Labute approximate surface area is 276 Å². The monoisotopic (exact) mass is 681 g/mol. The summed E-state index contributed by atoms with van der Waals surface area (Å²) >= 11 is 3.57. The highest BCUT2D eigenvalue weighted by molar-refractivity contribution is 9.10. The number of aromatic hydroxyl groups is 1. The van der Waals surface area contributed by atoms with Crippen LogP contribution >= 0.6 is 15.9 Å². The molecule has 4 aliphatic rings. The number of imide groups is 2. The molecule has 8 nitrogen and oxygen atoms in total. The van der Waals surface area contributed by atoms with Gasteiger partial charge in [0.2, 0.25) is 11.8 Å². The summed E-state index contributed by atoms with van der Waals surface area (Å²) in [5, 5.41) is 12.6. The molecule has 2 N–H and O–H groups in total. The maximum Gasteiger partial charge on any atom is 0.260 e. The first-order chi connectivity index (χ1) is 21.9. The first kappa shape index (κ1) is 30.4. The van der Waals surface area contributed by atoms with Crippen LogP contribution in [-0.2, 0) is 24.6 Å². The lowest BCUT2D eigenvalue weighted by Gasteiger charge is -2.50. The minimum Gasteiger partial charge on any atom is -0.508 e. The summed E-state index contributed by atoms with van der Waals surface area (Å²) in [5.74, 6) is -4.64. The van der Waals surface area contributed by atoms with Gasteiger partial charge in [-0.3, -0.25) is 29.5 Å². The van der Waals surface area contributed by atoms with Gasteiger partial charge in [-0.1, -0.05) is 75.6 Å². The molecule has 1 saturated carbocycles. The highest BCUT2D eigenvalue weighted by Gasteiger charge is 2.70. The van der Waals surface area contributed by atoms with Crippen molar-refractivity contribution in [2.75, 3.05) is 5.43 Å². The maximum absolute atomic E-state index is 15.1. The quantitative estimate of drug-likeness (QED) is 0.249. The van der Waals surface area contributed by atoms with E-state index in [4.69, 9.17) is 0 Å². The summed E-state index contributed by atoms with van der Waals surface area (Å²) in [5.41, 5.74) is 4.54. The highest BCUT2D eigenvalue weighted by Crippen LogP contribution is 2.65. The molecule has 4 amide bonds. The van der Waals surface area contributed by atoms with Gasteiger partial charge >= 0.3 is 0 Å². The number of rotatable bonds is 4. The molecule has 7 rings (SSSR count). The van der Waals surface area contributed by atoms with E-state index < -0.39 is 52.4 Å². The summed E-state index contributed by atoms with van der Waals surface area (Å²) in [6.45, 7) is 7.52. The van der Waals surface area contributed by atoms with Crippen LogP contribution in [0.25, 0.3) is 0 Å². The van der Waals surface area contributed by atoms with Crippen molar-refractivity contribution in [2.24, 2.45) is 23.7 Å². The van der Waals surface area contributed by atoms with Gasteiger partial charge in [0.25, 0.3) is 11.8 Å². The molecule has 0 radical (unpaired) electrons. The van der Waals surface area contributed by atoms with Crippen LogP contribution in [0.15, 0.2) is 88.9 Å². The third kappa shape index (κ3) is 4.31. The number of carbonyl (C=O) groups excluding carboxylic acids is 4. The lowest BCUT2D eigenvalue weighted by atomic mass is 9.49. The summed E-state index contributed by atoms with van der Waals surface area (Å²) in [6, 6.07) is 21.9. The van der Waals surface area contributed by atoms with Crippen LogP contribution in [0.3, 0.4) is 0 Å². The molecule has 46 heavy (non-hydrogen) atoms. The second-order valence-electron chi connectivity index (χ2n) is 14.0. The van der Waals surface area contributed by atoms with E-state index in [2.05, 4.69) is 21.4 Å². The predicted molar refractivity (Wildman–Crippen MR) is 176 cm³/mol. The van der Waals surface area contributed by atoms with E-state index >= 15 is 4.79 Å².